The minimum Gasteiger partial charge on any atom is -0.355 e. The van der Waals surface area contributed by atoms with Gasteiger partial charge in [0.25, 0.3) is 0 Å². The summed E-state index contributed by atoms with van der Waals surface area (Å²) in [5.74, 6) is 0.651. The summed E-state index contributed by atoms with van der Waals surface area (Å²) in [6.45, 7) is 5.20. The number of carbonyl (C=O) groups is 1. The van der Waals surface area contributed by atoms with Crippen molar-refractivity contribution in [2.45, 2.75) is 26.7 Å². The molecule has 0 fully saturated rings. The normalized spacial score (nSPS) is 10.2. The Kier molecular flexibility index (Phi) is 5.84. The Balaban J connectivity index is 3.08. The number of hydrogen-bond acceptors (Lipinski definition) is 2. The van der Waals surface area contributed by atoms with Crippen molar-refractivity contribution in [1.82, 2.24) is 5.32 Å². The molecular formula is C8H18N2O. The molecule has 0 saturated heterocycles. The fourth-order valence-electron chi connectivity index (χ4n) is 0.810. The molecule has 0 aliphatic rings. The number of rotatable bonds is 5. The topological polar surface area (TPSA) is 55.1 Å². The summed E-state index contributed by atoms with van der Waals surface area (Å²) in [7, 11) is 0. The quantitative estimate of drug-likeness (QED) is 0.572. The lowest BCUT2D eigenvalue weighted by Crippen LogP contribution is -2.31. The monoisotopic (exact) mass is 158 g/mol. The van der Waals surface area contributed by atoms with E-state index in [0.717, 1.165) is 19.4 Å². The maximum atomic E-state index is 10.6. The van der Waals surface area contributed by atoms with Crippen LogP contribution in [-0.2, 0) is 4.79 Å². The van der Waals surface area contributed by atoms with Crippen LogP contribution in [0.4, 0.5) is 0 Å². The van der Waals surface area contributed by atoms with Gasteiger partial charge in [0.1, 0.15) is 0 Å². The van der Waals surface area contributed by atoms with E-state index in [1.165, 1.54) is 0 Å². The first-order valence-corrected chi connectivity index (χ1v) is 4.13. The predicted molar refractivity (Wildman–Crippen MR) is 46.1 cm³/mol. The number of amides is 1. The first-order chi connectivity index (χ1) is 5.16. The molecule has 0 radical (unpaired) electrons. The summed E-state index contributed by atoms with van der Waals surface area (Å²) >= 11 is 0. The molecule has 0 heterocycles. The summed E-state index contributed by atoms with van der Waals surface area (Å²) in [6, 6.07) is 0. The molecule has 0 aromatic rings. The van der Waals surface area contributed by atoms with Gasteiger partial charge in [-0.15, -0.1) is 0 Å². The van der Waals surface area contributed by atoms with Crippen LogP contribution in [0.1, 0.15) is 26.7 Å². The van der Waals surface area contributed by atoms with Crippen LogP contribution >= 0.6 is 0 Å². The molecule has 0 aromatic carbocycles. The van der Waals surface area contributed by atoms with Crippen LogP contribution in [0, 0.1) is 5.92 Å². The van der Waals surface area contributed by atoms with E-state index in [1.807, 2.05) is 0 Å². The summed E-state index contributed by atoms with van der Waals surface area (Å²) in [4.78, 5) is 10.6. The van der Waals surface area contributed by atoms with Crippen molar-refractivity contribution in [2.75, 3.05) is 13.1 Å². The van der Waals surface area contributed by atoms with E-state index in [0.29, 0.717) is 5.92 Å². The largest absolute Gasteiger partial charge is 0.355 e. The van der Waals surface area contributed by atoms with E-state index in [-0.39, 0.29) is 12.5 Å². The molecular weight excluding hydrogens is 140 g/mol. The van der Waals surface area contributed by atoms with Crippen molar-refractivity contribution in [2.24, 2.45) is 11.7 Å². The zero-order chi connectivity index (χ0) is 8.69. The SMILES string of the molecule is CC(C)CCCNC(=O)CN. The van der Waals surface area contributed by atoms with Crippen LogP contribution in [0.5, 0.6) is 0 Å². The van der Waals surface area contributed by atoms with E-state index in [1.54, 1.807) is 0 Å². The number of nitrogens with one attached hydrogen (secondary N) is 1. The lowest BCUT2D eigenvalue weighted by molar-refractivity contribution is -0.119. The molecule has 66 valence electrons. The van der Waals surface area contributed by atoms with Gasteiger partial charge < -0.3 is 11.1 Å². The molecule has 0 bridgehead atoms. The van der Waals surface area contributed by atoms with Crippen LogP contribution in [0.3, 0.4) is 0 Å². The van der Waals surface area contributed by atoms with Gasteiger partial charge in [0.2, 0.25) is 5.91 Å². The van der Waals surface area contributed by atoms with E-state index in [2.05, 4.69) is 19.2 Å². The number of hydrogen-bond donors (Lipinski definition) is 2. The minimum atomic E-state index is -0.0613. The van der Waals surface area contributed by atoms with E-state index in [9.17, 15) is 4.79 Å². The standard InChI is InChI=1S/C8H18N2O/c1-7(2)4-3-5-10-8(11)6-9/h7H,3-6,9H2,1-2H3,(H,10,11). The Morgan fingerprint density at radius 1 is 1.55 bits per heavy atom. The predicted octanol–water partition coefficient (Wildman–Crippen LogP) is 0.497. The highest BCUT2D eigenvalue weighted by molar-refractivity contribution is 5.77. The van der Waals surface area contributed by atoms with Crippen molar-refractivity contribution >= 4 is 5.91 Å². The second kappa shape index (κ2) is 6.16. The fourth-order valence-corrected chi connectivity index (χ4v) is 0.810. The molecule has 0 saturated carbocycles. The van der Waals surface area contributed by atoms with Crippen LogP contribution in [-0.4, -0.2) is 19.0 Å². The summed E-state index contributed by atoms with van der Waals surface area (Å²) in [5.41, 5.74) is 5.10. The van der Waals surface area contributed by atoms with Gasteiger partial charge in [-0.25, -0.2) is 0 Å². The van der Waals surface area contributed by atoms with E-state index >= 15 is 0 Å². The zero-order valence-electron chi connectivity index (χ0n) is 7.39. The fraction of sp³-hybridized carbons (Fsp3) is 0.875. The van der Waals surface area contributed by atoms with Crippen molar-refractivity contribution in [3.05, 3.63) is 0 Å². The Labute approximate surface area is 68.3 Å². The van der Waals surface area contributed by atoms with Gasteiger partial charge in [0.05, 0.1) is 6.54 Å². The number of carbonyl (C=O) groups excluding carboxylic acids is 1. The highest BCUT2D eigenvalue weighted by atomic mass is 16.1. The molecule has 0 unspecified atom stereocenters. The Bertz CT molecular complexity index is 113. The molecule has 0 spiro atoms. The molecule has 3 N–H and O–H groups in total. The van der Waals surface area contributed by atoms with Gasteiger partial charge in [-0.2, -0.15) is 0 Å². The first-order valence-electron chi connectivity index (χ1n) is 4.13. The highest BCUT2D eigenvalue weighted by Gasteiger charge is 1.96. The minimum absolute atomic E-state index is 0.0613. The lowest BCUT2D eigenvalue weighted by atomic mass is 10.1. The van der Waals surface area contributed by atoms with Crippen LogP contribution in [0.25, 0.3) is 0 Å². The van der Waals surface area contributed by atoms with Crippen LogP contribution in [0.15, 0.2) is 0 Å². The molecule has 3 heteroatoms. The van der Waals surface area contributed by atoms with Gasteiger partial charge in [-0.3, -0.25) is 4.79 Å². The maximum absolute atomic E-state index is 10.6. The third-order valence-electron chi connectivity index (χ3n) is 1.47. The lowest BCUT2D eigenvalue weighted by Gasteiger charge is -2.04. The molecule has 0 aromatic heterocycles. The van der Waals surface area contributed by atoms with E-state index < -0.39 is 0 Å². The smallest absolute Gasteiger partial charge is 0.233 e. The zero-order valence-corrected chi connectivity index (χ0v) is 7.39. The summed E-state index contributed by atoms with van der Waals surface area (Å²) in [5, 5.41) is 2.72. The van der Waals surface area contributed by atoms with Crippen molar-refractivity contribution in [3.8, 4) is 0 Å². The average Bonchev–Trinajstić information content (AvgIpc) is 1.97. The average molecular weight is 158 g/mol. The molecule has 3 nitrogen and oxygen atoms in total. The molecule has 0 aliphatic heterocycles. The molecule has 11 heavy (non-hydrogen) atoms. The van der Waals surface area contributed by atoms with Gasteiger partial charge in [-0.05, 0) is 18.8 Å². The highest BCUT2D eigenvalue weighted by Crippen LogP contribution is 2.01. The second-order valence-electron chi connectivity index (χ2n) is 3.09. The van der Waals surface area contributed by atoms with Gasteiger partial charge in [-0.1, -0.05) is 13.8 Å². The Hall–Kier alpha value is -0.570. The van der Waals surface area contributed by atoms with Crippen molar-refractivity contribution < 1.29 is 4.79 Å². The van der Waals surface area contributed by atoms with Gasteiger partial charge >= 0.3 is 0 Å². The maximum Gasteiger partial charge on any atom is 0.233 e. The third kappa shape index (κ3) is 7.33. The van der Waals surface area contributed by atoms with Crippen molar-refractivity contribution in [1.29, 1.82) is 0 Å². The molecule has 1 amide bonds. The van der Waals surface area contributed by atoms with Gasteiger partial charge in [0.15, 0.2) is 0 Å². The molecule has 0 atom stereocenters. The summed E-state index contributed by atoms with van der Waals surface area (Å²) < 4.78 is 0. The summed E-state index contributed by atoms with van der Waals surface area (Å²) in [6.07, 6.45) is 2.20. The van der Waals surface area contributed by atoms with E-state index in [4.69, 9.17) is 5.73 Å². The Morgan fingerprint density at radius 2 is 2.18 bits per heavy atom. The Morgan fingerprint density at radius 3 is 2.64 bits per heavy atom. The van der Waals surface area contributed by atoms with Gasteiger partial charge in [0, 0.05) is 6.54 Å². The first kappa shape index (κ1) is 10.4. The van der Waals surface area contributed by atoms with Crippen LogP contribution < -0.4 is 11.1 Å². The second-order valence-corrected chi connectivity index (χ2v) is 3.09. The third-order valence-corrected chi connectivity index (χ3v) is 1.47. The molecule has 0 rings (SSSR count). The van der Waals surface area contributed by atoms with Crippen LogP contribution in [0.2, 0.25) is 0 Å². The molecule has 0 aliphatic carbocycles. The number of nitrogens with two attached hydrogens (primary N) is 1. The van der Waals surface area contributed by atoms with Crippen molar-refractivity contribution in [3.63, 3.8) is 0 Å².